The van der Waals surface area contributed by atoms with Crippen LogP contribution in [0.15, 0.2) is 6.20 Å². The monoisotopic (exact) mass is 293 g/mol. The van der Waals surface area contributed by atoms with Gasteiger partial charge in [0.2, 0.25) is 11.8 Å². The average molecular weight is 293 g/mol. The van der Waals surface area contributed by atoms with Crippen molar-refractivity contribution < 1.29 is 9.66 Å². The predicted molar refractivity (Wildman–Crippen MR) is 76.8 cm³/mol. The highest BCUT2D eigenvalue weighted by molar-refractivity contribution is 5.53. The number of nitrogens with zero attached hydrogens (tertiary/aromatic N) is 3. The van der Waals surface area contributed by atoms with Crippen molar-refractivity contribution in [2.75, 3.05) is 17.7 Å². The summed E-state index contributed by atoms with van der Waals surface area (Å²) in [6, 6.07) is 0.253. The van der Waals surface area contributed by atoms with Crippen LogP contribution in [0.1, 0.15) is 32.6 Å². The van der Waals surface area contributed by atoms with Gasteiger partial charge in [-0.1, -0.05) is 6.42 Å². The molecular weight excluding hydrogens is 274 g/mol. The molecule has 1 aromatic heterocycles. The van der Waals surface area contributed by atoms with Crippen molar-refractivity contribution in [3.63, 3.8) is 0 Å². The van der Waals surface area contributed by atoms with Crippen molar-refractivity contribution in [3.05, 3.63) is 16.3 Å². The summed E-state index contributed by atoms with van der Waals surface area (Å²) in [5.41, 5.74) is 5.50. The van der Waals surface area contributed by atoms with Crippen LogP contribution in [0.3, 0.4) is 0 Å². The standard InChI is InChI=1S/C13H19N5O3/c1-2-21-10-6-9(13(10)4-3-5-13)16-12-15-7-8(18(19)20)11(14)17-12/h7,9-10H,2-6H2,1H3,(H3,14,15,16,17)/t9-,10+/m1/s1. The zero-order valence-electron chi connectivity index (χ0n) is 11.9. The lowest BCUT2D eigenvalue weighted by atomic mass is 9.51. The molecule has 1 aromatic rings. The van der Waals surface area contributed by atoms with Gasteiger partial charge in [-0.3, -0.25) is 10.1 Å². The number of anilines is 2. The van der Waals surface area contributed by atoms with Gasteiger partial charge in [-0.2, -0.15) is 4.98 Å². The lowest BCUT2D eigenvalue weighted by Gasteiger charge is -2.60. The lowest BCUT2D eigenvalue weighted by molar-refractivity contribution is -0.384. The number of ether oxygens (including phenoxy) is 1. The summed E-state index contributed by atoms with van der Waals surface area (Å²) in [6.45, 7) is 2.73. The molecule has 0 aromatic carbocycles. The Balaban J connectivity index is 1.70. The maximum absolute atomic E-state index is 10.7. The van der Waals surface area contributed by atoms with Gasteiger partial charge in [-0.25, -0.2) is 4.98 Å². The molecule has 21 heavy (non-hydrogen) atoms. The highest BCUT2D eigenvalue weighted by atomic mass is 16.6. The zero-order chi connectivity index (χ0) is 15.0. The molecule has 0 radical (unpaired) electrons. The van der Waals surface area contributed by atoms with Gasteiger partial charge in [-0.05, 0) is 26.2 Å². The van der Waals surface area contributed by atoms with Crippen LogP contribution in [-0.2, 0) is 4.74 Å². The summed E-state index contributed by atoms with van der Waals surface area (Å²) >= 11 is 0. The van der Waals surface area contributed by atoms with E-state index in [2.05, 4.69) is 15.3 Å². The van der Waals surface area contributed by atoms with Crippen LogP contribution in [0.5, 0.6) is 0 Å². The molecule has 2 aliphatic carbocycles. The summed E-state index contributed by atoms with van der Waals surface area (Å²) in [5, 5.41) is 14.0. The molecule has 1 heterocycles. The normalized spacial score (nSPS) is 26.0. The minimum atomic E-state index is -0.582. The van der Waals surface area contributed by atoms with Gasteiger partial charge >= 0.3 is 5.69 Å². The minimum absolute atomic E-state index is 0.110. The number of nitrogen functional groups attached to an aromatic ring is 1. The van der Waals surface area contributed by atoms with E-state index in [1.807, 2.05) is 6.92 Å². The first-order valence-electron chi connectivity index (χ1n) is 7.22. The van der Waals surface area contributed by atoms with Crippen LogP contribution in [0.25, 0.3) is 0 Å². The molecule has 0 aliphatic heterocycles. The highest BCUT2D eigenvalue weighted by Gasteiger charge is 2.59. The van der Waals surface area contributed by atoms with Gasteiger partial charge < -0.3 is 15.8 Å². The number of nitrogens with two attached hydrogens (primary N) is 1. The summed E-state index contributed by atoms with van der Waals surface area (Å²) in [6.07, 6.45) is 5.84. The molecule has 2 saturated carbocycles. The Kier molecular flexibility index (Phi) is 3.40. The average Bonchev–Trinajstić information content (AvgIpc) is 2.35. The van der Waals surface area contributed by atoms with E-state index in [1.54, 1.807) is 0 Å². The Bertz CT molecular complexity index is 561. The molecule has 114 valence electrons. The Hall–Kier alpha value is -1.96. The molecule has 1 spiro atoms. The summed E-state index contributed by atoms with van der Waals surface area (Å²) < 4.78 is 5.78. The van der Waals surface area contributed by atoms with Gasteiger partial charge in [0.15, 0.2) is 0 Å². The molecule has 3 rings (SSSR count). The molecular formula is C13H19N5O3. The van der Waals surface area contributed by atoms with Gasteiger partial charge in [0.1, 0.15) is 6.20 Å². The molecule has 3 N–H and O–H groups in total. The van der Waals surface area contributed by atoms with E-state index in [9.17, 15) is 10.1 Å². The Morgan fingerprint density at radius 3 is 2.90 bits per heavy atom. The zero-order valence-corrected chi connectivity index (χ0v) is 11.9. The van der Waals surface area contributed by atoms with E-state index in [-0.39, 0.29) is 23.0 Å². The van der Waals surface area contributed by atoms with E-state index < -0.39 is 4.92 Å². The smallest absolute Gasteiger partial charge is 0.329 e. The molecule has 2 fully saturated rings. The highest BCUT2D eigenvalue weighted by Crippen LogP contribution is 2.57. The molecule has 8 nitrogen and oxygen atoms in total. The molecule has 0 amide bonds. The van der Waals surface area contributed by atoms with Gasteiger partial charge in [0, 0.05) is 18.1 Å². The molecule has 0 unspecified atom stereocenters. The number of nitro groups is 1. The largest absolute Gasteiger partial charge is 0.378 e. The van der Waals surface area contributed by atoms with E-state index in [0.29, 0.717) is 12.1 Å². The van der Waals surface area contributed by atoms with E-state index in [0.717, 1.165) is 32.1 Å². The van der Waals surface area contributed by atoms with Crippen molar-refractivity contribution in [2.24, 2.45) is 5.41 Å². The lowest BCUT2D eigenvalue weighted by Crippen LogP contribution is -2.64. The maximum Gasteiger partial charge on any atom is 0.329 e. The molecule has 8 heteroatoms. The first-order chi connectivity index (χ1) is 10.1. The molecule has 2 atom stereocenters. The van der Waals surface area contributed by atoms with Crippen molar-refractivity contribution in [3.8, 4) is 0 Å². The fourth-order valence-corrected chi connectivity index (χ4v) is 3.40. The van der Waals surface area contributed by atoms with Crippen LogP contribution >= 0.6 is 0 Å². The third-order valence-corrected chi connectivity index (χ3v) is 4.74. The van der Waals surface area contributed by atoms with Crippen LogP contribution in [0, 0.1) is 15.5 Å². The molecule has 2 aliphatic rings. The number of hydrogen-bond donors (Lipinski definition) is 2. The number of aromatic nitrogens is 2. The molecule has 0 bridgehead atoms. The maximum atomic E-state index is 10.7. The fraction of sp³-hybridized carbons (Fsp3) is 0.692. The van der Waals surface area contributed by atoms with Gasteiger partial charge in [0.05, 0.1) is 11.0 Å². The van der Waals surface area contributed by atoms with Crippen LogP contribution in [0.2, 0.25) is 0 Å². The summed E-state index contributed by atoms with van der Waals surface area (Å²) in [4.78, 5) is 18.1. The Labute approximate surface area is 122 Å². The van der Waals surface area contributed by atoms with E-state index in [4.69, 9.17) is 10.5 Å². The van der Waals surface area contributed by atoms with Crippen molar-refractivity contribution >= 4 is 17.5 Å². The minimum Gasteiger partial charge on any atom is -0.378 e. The van der Waals surface area contributed by atoms with Gasteiger partial charge in [0.25, 0.3) is 0 Å². The van der Waals surface area contributed by atoms with Crippen molar-refractivity contribution in [1.82, 2.24) is 9.97 Å². The summed E-state index contributed by atoms with van der Waals surface area (Å²) in [5.74, 6) is 0.241. The number of hydrogen-bond acceptors (Lipinski definition) is 7. The second-order valence-corrected chi connectivity index (χ2v) is 5.68. The second kappa shape index (κ2) is 5.10. The fourth-order valence-electron chi connectivity index (χ4n) is 3.40. The van der Waals surface area contributed by atoms with Crippen LogP contribution in [0.4, 0.5) is 17.5 Å². The third-order valence-electron chi connectivity index (χ3n) is 4.74. The van der Waals surface area contributed by atoms with Crippen molar-refractivity contribution in [2.45, 2.75) is 44.8 Å². The predicted octanol–water partition coefficient (Wildman–Crippen LogP) is 1.73. The third kappa shape index (κ3) is 2.19. The van der Waals surface area contributed by atoms with Crippen LogP contribution in [-0.4, -0.2) is 33.6 Å². The first kappa shape index (κ1) is 14.0. The molecule has 0 saturated heterocycles. The topological polar surface area (TPSA) is 116 Å². The summed E-state index contributed by atoms with van der Waals surface area (Å²) in [7, 11) is 0. The number of nitrogens with one attached hydrogen (secondary N) is 1. The van der Waals surface area contributed by atoms with Crippen molar-refractivity contribution in [1.29, 1.82) is 0 Å². The van der Waals surface area contributed by atoms with Gasteiger partial charge in [-0.15, -0.1) is 0 Å². The Morgan fingerprint density at radius 2 is 2.38 bits per heavy atom. The Morgan fingerprint density at radius 1 is 1.62 bits per heavy atom. The SMILES string of the molecule is CCO[C@H]1C[C@@H](Nc2ncc([N+](=O)[O-])c(N)n2)C12CCC2. The number of rotatable bonds is 5. The van der Waals surface area contributed by atoms with E-state index >= 15 is 0 Å². The second-order valence-electron chi connectivity index (χ2n) is 5.68. The quantitative estimate of drug-likeness (QED) is 0.627. The first-order valence-corrected chi connectivity index (χ1v) is 7.22. The van der Waals surface area contributed by atoms with E-state index in [1.165, 1.54) is 6.42 Å². The van der Waals surface area contributed by atoms with Crippen LogP contribution < -0.4 is 11.1 Å².